The normalized spacial score (nSPS) is 13.7. The van der Waals surface area contributed by atoms with E-state index in [4.69, 9.17) is 0 Å². The third kappa shape index (κ3) is 5.15. The van der Waals surface area contributed by atoms with Crippen molar-refractivity contribution in [3.63, 3.8) is 0 Å². The van der Waals surface area contributed by atoms with Gasteiger partial charge in [-0.1, -0.05) is 35.9 Å². The Morgan fingerprint density at radius 1 is 1.56 bits per heavy atom. The van der Waals surface area contributed by atoms with Crippen molar-refractivity contribution in [3.05, 3.63) is 0 Å². The van der Waals surface area contributed by atoms with E-state index in [0.29, 0.717) is 0 Å². The smallest absolute Gasteiger partial charge is 0.00240 e. The molecule has 0 amide bonds. The van der Waals surface area contributed by atoms with Gasteiger partial charge in [-0.2, -0.15) is 0 Å². The molecule has 0 aromatic heterocycles. The maximum absolute atomic E-state index is 3.16. The van der Waals surface area contributed by atoms with Gasteiger partial charge in [-0.3, -0.25) is 0 Å². The first-order valence-corrected chi connectivity index (χ1v) is 5.08. The summed E-state index contributed by atoms with van der Waals surface area (Å²) in [6.45, 7) is 3.43. The van der Waals surface area contributed by atoms with Crippen LogP contribution in [-0.2, 0) is 0 Å². The summed E-state index contributed by atoms with van der Waals surface area (Å²) in [5, 5.41) is 3.16. The van der Waals surface area contributed by atoms with Crippen LogP contribution in [0.3, 0.4) is 0 Å². The van der Waals surface area contributed by atoms with E-state index in [1.54, 1.807) is 0 Å². The van der Waals surface area contributed by atoms with Crippen LogP contribution in [0.2, 0.25) is 0 Å². The van der Waals surface area contributed by atoms with Crippen molar-refractivity contribution in [1.82, 2.24) is 5.32 Å². The van der Waals surface area contributed by atoms with E-state index < -0.39 is 0 Å². The van der Waals surface area contributed by atoms with Crippen LogP contribution in [0.15, 0.2) is 0 Å². The molecule has 1 nitrogen and oxygen atoms in total. The lowest BCUT2D eigenvalue weighted by atomic mass is 10.1. The Morgan fingerprint density at radius 2 is 2.22 bits per heavy atom. The topological polar surface area (TPSA) is 12.0 Å². The third-order valence-electron chi connectivity index (χ3n) is 1.60. The predicted octanol–water partition coefficient (Wildman–Crippen LogP) is 2.06. The molecule has 1 unspecified atom stereocenters. The highest BCUT2D eigenvalue weighted by molar-refractivity contribution is 14.1. The standard InChI is InChI=1S/C7H16IN/c1-3-7(6-8)4-5-9-2/h7,9H,3-6H2,1-2H3. The minimum Gasteiger partial charge on any atom is -0.320 e. The van der Waals surface area contributed by atoms with Crippen LogP contribution < -0.4 is 5.32 Å². The van der Waals surface area contributed by atoms with E-state index >= 15 is 0 Å². The monoisotopic (exact) mass is 241 g/mol. The fraction of sp³-hybridized carbons (Fsp3) is 1.00. The molecule has 0 saturated carbocycles. The maximum Gasteiger partial charge on any atom is 0.00240 e. The van der Waals surface area contributed by atoms with Crippen molar-refractivity contribution < 1.29 is 0 Å². The van der Waals surface area contributed by atoms with Crippen molar-refractivity contribution in [2.45, 2.75) is 19.8 Å². The number of hydrogen-bond donors (Lipinski definition) is 1. The summed E-state index contributed by atoms with van der Waals surface area (Å²) in [5.74, 6) is 0.929. The van der Waals surface area contributed by atoms with Gasteiger partial charge < -0.3 is 5.32 Å². The third-order valence-corrected chi connectivity index (χ3v) is 2.84. The van der Waals surface area contributed by atoms with Crippen LogP contribution >= 0.6 is 22.6 Å². The van der Waals surface area contributed by atoms with Crippen LogP contribution in [-0.4, -0.2) is 18.0 Å². The Morgan fingerprint density at radius 3 is 2.56 bits per heavy atom. The largest absolute Gasteiger partial charge is 0.320 e. The number of nitrogens with one attached hydrogen (secondary N) is 1. The highest BCUT2D eigenvalue weighted by Crippen LogP contribution is 2.09. The molecule has 0 spiro atoms. The van der Waals surface area contributed by atoms with Gasteiger partial charge in [0.25, 0.3) is 0 Å². The second-order valence-corrected chi connectivity index (χ2v) is 3.20. The predicted molar refractivity (Wildman–Crippen MR) is 51.2 cm³/mol. The van der Waals surface area contributed by atoms with E-state index in [0.717, 1.165) is 5.92 Å². The fourth-order valence-corrected chi connectivity index (χ4v) is 1.80. The van der Waals surface area contributed by atoms with Crippen LogP contribution in [0, 0.1) is 5.92 Å². The lowest BCUT2D eigenvalue weighted by Gasteiger charge is -2.09. The lowest BCUT2D eigenvalue weighted by molar-refractivity contribution is 0.516. The second-order valence-electron chi connectivity index (χ2n) is 2.32. The van der Waals surface area contributed by atoms with Gasteiger partial charge in [-0.15, -0.1) is 0 Å². The molecule has 0 bridgehead atoms. The SMILES string of the molecule is CCC(CI)CCNC. The van der Waals surface area contributed by atoms with Gasteiger partial charge in [0.15, 0.2) is 0 Å². The molecular formula is C7H16IN. The molecule has 0 aliphatic carbocycles. The number of hydrogen-bond acceptors (Lipinski definition) is 1. The van der Waals surface area contributed by atoms with Crippen LogP contribution in [0.5, 0.6) is 0 Å². The summed E-state index contributed by atoms with van der Waals surface area (Å²) in [6, 6.07) is 0. The molecule has 0 aromatic carbocycles. The molecule has 1 N–H and O–H groups in total. The molecule has 1 atom stereocenters. The van der Waals surface area contributed by atoms with Crippen molar-refractivity contribution in [2.24, 2.45) is 5.92 Å². The Kier molecular flexibility index (Phi) is 7.33. The molecule has 0 heterocycles. The van der Waals surface area contributed by atoms with Crippen molar-refractivity contribution >= 4 is 22.6 Å². The zero-order valence-electron chi connectivity index (χ0n) is 6.28. The van der Waals surface area contributed by atoms with Crippen molar-refractivity contribution in [2.75, 3.05) is 18.0 Å². The quantitative estimate of drug-likeness (QED) is 0.573. The summed E-state index contributed by atoms with van der Waals surface area (Å²) in [7, 11) is 2.01. The summed E-state index contributed by atoms with van der Waals surface area (Å²) in [4.78, 5) is 0. The van der Waals surface area contributed by atoms with Crippen LogP contribution in [0.25, 0.3) is 0 Å². The molecule has 0 radical (unpaired) electrons. The number of rotatable bonds is 5. The highest BCUT2D eigenvalue weighted by Gasteiger charge is 2.01. The van der Waals surface area contributed by atoms with E-state index in [-0.39, 0.29) is 0 Å². The van der Waals surface area contributed by atoms with E-state index in [2.05, 4.69) is 34.8 Å². The van der Waals surface area contributed by atoms with E-state index in [1.165, 1.54) is 23.8 Å². The van der Waals surface area contributed by atoms with Crippen molar-refractivity contribution in [3.8, 4) is 0 Å². The first-order valence-electron chi connectivity index (χ1n) is 3.55. The molecule has 0 aliphatic rings. The fourth-order valence-electron chi connectivity index (χ4n) is 0.739. The number of alkyl halides is 1. The van der Waals surface area contributed by atoms with Gasteiger partial charge in [0.1, 0.15) is 0 Å². The summed E-state index contributed by atoms with van der Waals surface area (Å²) >= 11 is 2.46. The molecule has 0 saturated heterocycles. The van der Waals surface area contributed by atoms with E-state index in [1.807, 2.05) is 7.05 Å². The van der Waals surface area contributed by atoms with Crippen LogP contribution in [0.1, 0.15) is 19.8 Å². The summed E-state index contributed by atoms with van der Waals surface area (Å²) < 4.78 is 1.30. The molecule has 0 aromatic rings. The number of halogens is 1. The van der Waals surface area contributed by atoms with Gasteiger partial charge in [0, 0.05) is 4.43 Å². The Hall–Kier alpha value is 0.690. The average molecular weight is 241 g/mol. The molecule has 0 aliphatic heterocycles. The molecule has 9 heavy (non-hydrogen) atoms. The molecule has 0 fully saturated rings. The van der Waals surface area contributed by atoms with Gasteiger partial charge >= 0.3 is 0 Å². The van der Waals surface area contributed by atoms with Gasteiger partial charge in [-0.05, 0) is 25.9 Å². The van der Waals surface area contributed by atoms with Crippen LogP contribution in [0.4, 0.5) is 0 Å². The molecule has 2 heteroatoms. The molecule has 56 valence electrons. The minimum atomic E-state index is 0.929. The molecular weight excluding hydrogens is 225 g/mol. The second kappa shape index (κ2) is 6.81. The molecule has 0 rings (SSSR count). The Labute approximate surface area is 71.7 Å². The van der Waals surface area contributed by atoms with Crippen molar-refractivity contribution in [1.29, 1.82) is 0 Å². The zero-order chi connectivity index (χ0) is 7.11. The minimum absolute atomic E-state index is 0.929. The maximum atomic E-state index is 3.16. The summed E-state index contributed by atoms with van der Waals surface area (Å²) in [5.41, 5.74) is 0. The highest BCUT2D eigenvalue weighted by atomic mass is 127. The van der Waals surface area contributed by atoms with Gasteiger partial charge in [0.05, 0.1) is 0 Å². The Balaban J connectivity index is 3.09. The Bertz CT molecular complexity index is 52.9. The van der Waals surface area contributed by atoms with Gasteiger partial charge in [0.2, 0.25) is 0 Å². The zero-order valence-corrected chi connectivity index (χ0v) is 8.44. The summed E-state index contributed by atoms with van der Waals surface area (Å²) in [6.07, 6.45) is 2.65. The first kappa shape index (κ1) is 9.69. The average Bonchev–Trinajstić information content (AvgIpc) is 1.91. The lowest BCUT2D eigenvalue weighted by Crippen LogP contribution is -2.13. The van der Waals surface area contributed by atoms with Gasteiger partial charge in [-0.25, -0.2) is 0 Å². The van der Waals surface area contributed by atoms with E-state index in [9.17, 15) is 0 Å². The first-order chi connectivity index (χ1) is 4.35.